The van der Waals surface area contributed by atoms with Crippen LogP contribution in [-0.4, -0.2) is 45.6 Å². The number of ether oxygens (including phenoxy) is 1. The molecule has 0 aromatic heterocycles. The number of nitrogens with two attached hydrogens (primary N) is 1. The molecule has 0 saturated heterocycles. The highest BCUT2D eigenvalue weighted by Crippen LogP contribution is 2.20. The van der Waals surface area contributed by atoms with E-state index < -0.39 is 41.3 Å². The topological polar surface area (TPSA) is 156 Å². The summed E-state index contributed by atoms with van der Waals surface area (Å²) < 4.78 is 12.2. The number of rotatable bonds is 11. The molecule has 1 amide bonds. The fourth-order valence-corrected chi connectivity index (χ4v) is 3.15. The van der Waals surface area contributed by atoms with E-state index in [1.165, 1.54) is 6.92 Å². The van der Waals surface area contributed by atoms with Crippen LogP contribution < -0.4 is 11.1 Å². The first-order valence-electron chi connectivity index (χ1n) is 10.4. The van der Waals surface area contributed by atoms with Crippen LogP contribution in [0.5, 0.6) is 0 Å². The minimum absolute atomic E-state index is 0.118. The molecule has 2 unspecified atom stereocenters. The number of ketones is 1. The lowest BCUT2D eigenvalue weighted by Crippen LogP contribution is -2.64. The molecule has 32 heavy (non-hydrogen) atoms. The fraction of sp³-hybridized carbons (Fsp3) is 0.304. The average Bonchev–Trinajstić information content (AvgIpc) is 2.84. The quantitative estimate of drug-likeness (QED) is 0.384. The molecule has 0 spiro atoms. The van der Waals surface area contributed by atoms with Gasteiger partial charge in [-0.3, -0.25) is 9.59 Å². The highest BCUT2D eigenvalue weighted by Gasteiger charge is 2.48. The molecule has 3 atom stereocenters. The summed E-state index contributed by atoms with van der Waals surface area (Å²) in [5.41, 5.74) is 4.75. The molecule has 9 heteroatoms. The van der Waals surface area contributed by atoms with E-state index in [-0.39, 0.29) is 19.4 Å². The number of carboxylic acids is 2. The van der Waals surface area contributed by atoms with Crippen molar-refractivity contribution in [1.29, 1.82) is 1.43 Å². The number of Topliss-reactive ketones (excluding diaryl/α,β-unsaturated/α-hetero) is 1. The zero-order valence-corrected chi connectivity index (χ0v) is 17.5. The maximum absolute atomic E-state index is 13.3. The molecule has 0 heterocycles. The SMILES string of the molecule is [2H]OC(=O)C(Cc1ccccc1)[C@H](NC(=O)OCc1ccccc1)C(=O)C(N)(CC)C(=O)O. The van der Waals surface area contributed by atoms with Crippen molar-refractivity contribution in [3.8, 4) is 0 Å². The molecule has 0 radical (unpaired) electrons. The third-order valence-corrected chi connectivity index (χ3v) is 5.15. The number of nitrogens with one attached hydrogen (secondary N) is 1. The Kier molecular flexibility index (Phi) is 7.93. The number of carbonyl (C=O) groups excluding carboxylic acids is 2. The van der Waals surface area contributed by atoms with Gasteiger partial charge in [0.25, 0.3) is 1.43 Å². The van der Waals surface area contributed by atoms with Gasteiger partial charge in [0.2, 0.25) is 0 Å². The highest BCUT2D eigenvalue weighted by molar-refractivity contribution is 6.11. The summed E-state index contributed by atoms with van der Waals surface area (Å²) >= 11 is 0. The van der Waals surface area contributed by atoms with Crippen LogP contribution in [-0.2, 0) is 32.1 Å². The van der Waals surface area contributed by atoms with Gasteiger partial charge in [0.1, 0.15) is 12.6 Å². The van der Waals surface area contributed by atoms with Gasteiger partial charge in [0.15, 0.2) is 11.3 Å². The predicted octanol–water partition coefficient (Wildman–Crippen LogP) is 1.99. The van der Waals surface area contributed by atoms with Gasteiger partial charge in [-0.15, -0.1) is 0 Å². The Morgan fingerprint density at radius 2 is 1.62 bits per heavy atom. The number of carbonyl (C=O) groups is 4. The predicted molar refractivity (Wildman–Crippen MR) is 115 cm³/mol. The summed E-state index contributed by atoms with van der Waals surface area (Å²) in [7, 11) is 0. The first-order chi connectivity index (χ1) is 15.7. The number of aliphatic carboxylic acids is 2. The molecule has 0 aliphatic carbocycles. The lowest BCUT2D eigenvalue weighted by molar-refractivity contribution is -0.153. The fourth-order valence-electron chi connectivity index (χ4n) is 3.15. The number of hydrogen-bond acceptors (Lipinski definition) is 7. The molecule has 0 saturated carbocycles. The van der Waals surface area contributed by atoms with Gasteiger partial charge < -0.3 is 26.0 Å². The monoisotopic (exact) mass is 443 g/mol. The van der Waals surface area contributed by atoms with Gasteiger partial charge in [-0.1, -0.05) is 67.6 Å². The molecule has 2 rings (SSSR count). The molecule has 2 aromatic carbocycles. The van der Waals surface area contributed by atoms with E-state index in [1.54, 1.807) is 60.7 Å². The Balaban J connectivity index is 2.36. The first-order valence-corrected chi connectivity index (χ1v) is 9.97. The maximum atomic E-state index is 13.3. The molecule has 2 aromatic rings. The van der Waals surface area contributed by atoms with Gasteiger partial charge in [-0.05, 0) is 24.0 Å². The van der Waals surface area contributed by atoms with Gasteiger partial charge >= 0.3 is 18.0 Å². The smallest absolute Gasteiger partial charge is 0.408 e. The molecule has 170 valence electrons. The Morgan fingerprint density at radius 1 is 1.06 bits per heavy atom. The summed E-state index contributed by atoms with van der Waals surface area (Å²) in [6.45, 7) is 1.27. The second-order valence-corrected chi connectivity index (χ2v) is 7.29. The van der Waals surface area contributed by atoms with Crippen molar-refractivity contribution in [2.24, 2.45) is 11.7 Å². The third-order valence-electron chi connectivity index (χ3n) is 5.15. The van der Waals surface area contributed by atoms with Crippen LogP contribution in [0, 0.1) is 5.92 Å². The van der Waals surface area contributed by atoms with E-state index in [0.29, 0.717) is 11.1 Å². The number of hydrogen-bond donors (Lipinski definition) is 4. The lowest BCUT2D eigenvalue weighted by Gasteiger charge is -2.30. The number of alkyl carbamates (subject to hydrolysis) is 1. The standard InChI is InChI=1S/C23H26N2O7/c1-2-23(24,21(29)30)19(26)18(17(20(27)28)13-15-9-5-3-6-10-15)25-22(31)32-14-16-11-7-4-8-12-16/h3-12,17-18H,2,13-14,24H2,1H3,(H,25,31)(H,27,28)(H,29,30)/t17?,18-,23?/m0/s1/i/hD. The van der Waals surface area contributed by atoms with E-state index in [2.05, 4.69) is 10.4 Å². The number of benzene rings is 2. The minimum Gasteiger partial charge on any atom is -0.481 e. The van der Waals surface area contributed by atoms with Crippen LogP contribution in [0.4, 0.5) is 4.79 Å². The van der Waals surface area contributed by atoms with Gasteiger partial charge in [-0.25, -0.2) is 9.59 Å². The van der Waals surface area contributed by atoms with Crippen LogP contribution in [0.3, 0.4) is 0 Å². The van der Waals surface area contributed by atoms with Gasteiger partial charge in [0, 0.05) is 0 Å². The zero-order chi connectivity index (χ0) is 24.4. The van der Waals surface area contributed by atoms with E-state index >= 15 is 0 Å². The maximum Gasteiger partial charge on any atom is 0.408 e. The molecule has 0 aliphatic rings. The largest absolute Gasteiger partial charge is 0.481 e. The van der Waals surface area contributed by atoms with Crippen LogP contribution in [0.1, 0.15) is 24.5 Å². The summed E-state index contributed by atoms with van der Waals surface area (Å²) in [6, 6.07) is 15.5. The highest BCUT2D eigenvalue weighted by atomic mass is 16.5. The zero-order valence-electron chi connectivity index (χ0n) is 18.5. The van der Waals surface area contributed by atoms with Crippen molar-refractivity contribution < 1.29 is 34.1 Å². The average molecular weight is 443 g/mol. The minimum atomic E-state index is -2.38. The van der Waals surface area contributed by atoms with Crippen molar-refractivity contribution in [1.82, 2.24) is 5.32 Å². The molecular weight excluding hydrogens is 416 g/mol. The molecule has 0 aliphatic heterocycles. The Labute approximate surface area is 186 Å². The molecule has 5 N–H and O–H groups in total. The Hall–Kier alpha value is -3.72. The van der Waals surface area contributed by atoms with E-state index in [1.807, 2.05) is 0 Å². The number of amides is 1. The van der Waals surface area contributed by atoms with Crippen molar-refractivity contribution in [3.63, 3.8) is 0 Å². The summed E-state index contributed by atoms with van der Waals surface area (Å²) in [5, 5.41) is 16.0. The van der Waals surface area contributed by atoms with Crippen molar-refractivity contribution in [2.45, 2.75) is 38.0 Å². The van der Waals surface area contributed by atoms with Crippen molar-refractivity contribution in [2.75, 3.05) is 0 Å². The van der Waals surface area contributed by atoms with Crippen LogP contribution in [0.2, 0.25) is 0 Å². The second kappa shape index (κ2) is 11.1. The van der Waals surface area contributed by atoms with E-state index in [0.717, 1.165) is 0 Å². The van der Waals surface area contributed by atoms with Crippen molar-refractivity contribution >= 4 is 23.8 Å². The Morgan fingerprint density at radius 3 is 2.12 bits per heavy atom. The molecule has 9 nitrogen and oxygen atoms in total. The summed E-state index contributed by atoms with van der Waals surface area (Å²) in [4.78, 5) is 50.0. The van der Waals surface area contributed by atoms with E-state index in [4.69, 9.17) is 11.9 Å². The van der Waals surface area contributed by atoms with Crippen LogP contribution in [0.25, 0.3) is 1.43 Å². The second-order valence-electron chi connectivity index (χ2n) is 7.29. The lowest BCUT2D eigenvalue weighted by atomic mass is 9.80. The first kappa shape index (κ1) is 23.0. The number of carboxylic acid groups (broad SMARTS) is 2. The summed E-state index contributed by atoms with van der Waals surface area (Å²) in [5.74, 6) is -5.28. The van der Waals surface area contributed by atoms with Gasteiger partial charge in [-0.2, -0.15) is 0 Å². The molecule has 0 bridgehead atoms. The van der Waals surface area contributed by atoms with Crippen molar-refractivity contribution in [3.05, 3.63) is 71.8 Å². The molecule has 0 fully saturated rings. The van der Waals surface area contributed by atoms with Crippen LogP contribution >= 0.6 is 0 Å². The third kappa shape index (κ3) is 6.14. The van der Waals surface area contributed by atoms with E-state index in [9.17, 15) is 24.3 Å². The molecular formula is C23H26N2O7. The summed E-state index contributed by atoms with van der Waals surface area (Å²) in [6.07, 6.45) is -1.48. The normalized spacial score (nSPS) is 14.8. The van der Waals surface area contributed by atoms with Gasteiger partial charge in [0.05, 0.1) is 5.92 Å². The van der Waals surface area contributed by atoms with Crippen LogP contribution in [0.15, 0.2) is 60.7 Å². The Bertz CT molecular complexity index is 971.